The molecule has 0 saturated carbocycles. The number of amides is 1. The first-order valence-electron chi connectivity index (χ1n) is 7.67. The number of ether oxygens (including phenoxy) is 3. The molecule has 1 amide bonds. The lowest BCUT2D eigenvalue weighted by atomic mass is 10.1. The van der Waals surface area contributed by atoms with Gasteiger partial charge in [-0.3, -0.25) is 4.79 Å². The first kappa shape index (κ1) is 19.3. The van der Waals surface area contributed by atoms with Crippen LogP contribution in [-0.4, -0.2) is 31.8 Å². The minimum Gasteiger partial charge on any atom is -0.504 e. The molecule has 0 bridgehead atoms. The molecule has 6 nitrogen and oxygen atoms in total. The van der Waals surface area contributed by atoms with E-state index in [1.165, 1.54) is 32.4 Å². The lowest BCUT2D eigenvalue weighted by molar-refractivity contribution is -0.120. The molecule has 0 aliphatic rings. The average Bonchev–Trinajstić information content (AvgIpc) is 2.61. The van der Waals surface area contributed by atoms with Gasteiger partial charge in [-0.2, -0.15) is 8.78 Å². The molecule has 2 N–H and O–H groups in total. The highest BCUT2D eigenvalue weighted by Crippen LogP contribution is 2.29. The average molecular weight is 367 g/mol. The summed E-state index contributed by atoms with van der Waals surface area (Å²) in [6.45, 7) is -2.84. The Morgan fingerprint density at radius 2 is 1.69 bits per heavy atom. The summed E-state index contributed by atoms with van der Waals surface area (Å²) >= 11 is 0. The van der Waals surface area contributed by atoms with Gasteiger partial charge in [0.15, 0.2) is 23.0 Å². The number of halogens is 2. The van der Waals surface area contributed by atoms with Gasteiger partial charge in [-0.1, -0.05) is 12.1 Å². The number of hydrogen-bond donors (Lipinski definition) is 2. The van der Waals surface area contributed by atoms with E-state index >= 15 is 0 Å². The summed E-state index contributed by atoms with van der Waals surface area (Å²) in [5.41, 5.74) is 1.24. The fourth-order valence-electron chi connectivity index (χ4n) is 2.30. The molecule has 0 spiro atoms. The molecule has 0 aliphatic heterocycles. The van der Waals surface area contributed by atoms with E-state index in [2.05, 4.69) is 10.1 Å². The Balaban J connectivity index is 1.98. The number of carbonyl (C=O) groups excluding carboxylic acids is 1. The van der Waals surface area contributed by atoms with Gasteiger partial charge in [0.05, 0.1) is 20.6 Å². The van der Waals surface area contributed by atoms with Crippen LogP contribution in [0.15, 0.2) is 36.4 Å². The van der Waals surface area contributed by atoms with Crippen LogP contribution in [0.5, 0.6) is 23.0 Å². The molecular weight excluding hydrogens is 348 g/mol. The molecule has 0 atom stereocenters. The van der Waals surface area contributed by atoms with Gasteiger partial charge < -0.3 is 24.6 Å². The zero-order valence-corrected chi connectivity index (χ0v) is 14.3. The van der Waals surface area contributed by atoms with Crippen molar-refractivity contribution in [2.45, 2.75) is 19.6 Å². The minimum absolute atomic E-state index is 0.0125. The van der Waals surface area contributed by atoms with Crippen molar-refractivity contribution in [3.8, 4) is 23.0 Å². The maximum absolute atomic E-state index is 12.4. The fraction of sp³-hybridized carbons (Fsp3) is 0.278. The van der Waals surface area contributed by atoms with Crippen LogP contribution in [0, 0.1) is 0 Å². The van der Waals surface area contributed by atoms with Crippen molar-refractivity contribution in [3.63, 3.8) is 0 Å². The van der Waals surface area contributed by atoms with Gasteiger partial charge in [0.2, 0.25) is 5.91 Å². The summed E-state index contributed by atoms with van der Waals surface area (Å²) in [5, 5.41) is 12.2. The number of benzene rings is 2. The van der Waals surface area contributed by atoms with Crippen molar-refractivity contribution >= 4 is 5.91 Å². The molecule has 2 aromatic rings. The molecule has 8 heteroatoms. The highest BCUT2D eigenvalue weighted by Gasteiger charge is 2.12. The SMILES string of the molecule is COc1cc(CC(=O)NCc2ccc(OC)c(OC(F)F)c2)ccc1O. The zero-order valence-electron chi connectivity index (χ0n) is 14.3. The number of phenolic OH excluding ortho intramolecular Hbond substituents is 1. The van der Waals surface area contributed by atoms with E-state index in [1.807, 2.05) is 0 Å². The Morgan fingerprint density at radius 3 is 2.35 bits per heavy atom. The van der Waals surface area contributed by atoms with Crippen LogP contribution in [0.4, 0.5) is 8.78 Å². The van der Waals surface area contributed by atoms with Crippen molar-refractivity contribution in [1.29, 1.82) is 0 Å². The number of aromatic hydroxyl groups is 1. The third-order valence-electron chi connectivity index (χ3n) is 3.54. The predicted octanol–water partition coefficient (Wildman–Crippen LogP) is 2.87. The topological polar surface area (TPSA) is 77.0 Å². The Labute approximate surface area is 149 Å². The monoisotopic (exact) mass is 367 g/mol. The standard InChI is InChI=1S/C18H19F2NO5/c1-24-14-6-4-12(8-16(14)26-18(19)20)10-21-17(23)9-11-3-5-13(22)15(7-11)25-2/h3-8,18,22H,9-10H2,1-2H3,(H,21,23). The molecule has 140 valence electrons. The molecule has 2 rings (SSSR count). The lowest BCUT2D eigenvalue weighted by Gasteiger charge is -2.12. The van der Waals surface area contributed by atoms with Crippen LogP contribution < -0.4 is 19.5 Å². The summed E-state index contributed by atoms with van der Waals surface area (Å²) in [6, 6.07) is 9.13. The van der Waals surface area contributed by atoms with E-state index in [1.54, 1.807) is 18.2 Å². The first-order valence-corrected chi connectivity index (χ1v) is 7.67. The van der Waals surface area contributed by atoms with E-state index in [0.717, 1.165) is 0 Å². The first-order chi connectivity index (χ1) is 12.4. The van der Waals surface area contributed by atoms with Crippen molar-refractivity contribution < 1.29 is 32.9 Å². The Morgan fingerprint density at radius 1 is 1.04 bits per heavy atom. The van der Waals surface area contributed by atoms with Crippen LogP contribution in [-0.2, 0) is 17.8 Å². The summed E-state index contributed by atoms with van der Waals surface area (Å²) in [4.78, 5) is 12.1. The second-order valence-electron chi connectivity index (χ2n) is 5.32. The van der Waals surface area contributed by atoms with Gasteiger partial charge in [-0.05, 0) is 35.4 Å². The van der Waals surface area contributed by atoms with Crippen molar-refractivity contribution in [3.05, 3.63) is 47.5 Å². The molecule has 0 radical (unpaired) electrons. The van der Waals surface area contributed by atoms with Crippen LogP contribution in [0.2, 0.25) is 0 Å². The smallest absolute Gasteiger partial charge is 0.387 e. The number of hydrogen-bond acceptors (Lipinski definition) is 5. The quantitative estimate of drug-likeness (QED) is 0.750. The van der Waals surface area contributed by atoms with Gasteiger partial charge in [0.25, 0.3) is 0 Å². The van der Waals surface area contributed by atoms with E-state index in [4.69, 9.17) is 9.47 Å². The fourth-order valence-corrected chi connectivity index (χ4v) is 2.30. The maximum atomic E-state index is 12.4. The predicted molar refractivity (Wildman–Crippen MR) is 89.8 cm³/mol. The van der Waals surface area contributed by atoms with Crippen molar-refractivity contribution in [2.24, 2.45) is 0 Å². The number of rotatable bonds is 8. The van der Waals surface area contributed by atoms with Gasteiger partial charge >= 0.3 is 6.61 Å². The molecule has 0 fully saturated rings. The largest absolute Gasteiger partial charge is 0.504 e. The molecular formula is C18H19F2NO5. The molecule has 26 heavy (non-hydrogen) atoms. The third-order valence-corrected chi connectivity index (χ3v) is 3.54. The molecule has 0 aliphatic carbocycles. The molecule has 0 unspecified atom stereocenters. The number of nitrogens with one attached hydrogen (secondary N) is 1. The van der Waals surface area contributed by atoms with Crippen LogP contribution in [0.25, 0.3) is 0 Å². The maximum Gasteiger partial charge on any atom is 0.387 e. The normalized spacial score (nSPS) is 10.5. The lowest BCUT2D eigenvalue weighted by Crippen LogP contribution is -2.24. The highest BCUT2D eigenvalue weighted by atomic mass is 19.3. The van der Waals surface area contributed by atoms with Gasteiger partial charge in [-0.15, -0.1) is 0 Å². The molecule has 0 saturated heterocycles. The zero-order chi connectivity index (χ0) is 19.1. The van der Waals surface area contributed by atoms with E-state index in [-0.39, 0.29) is 41.9 Å². The summed E-state index contributed by atoms with van der Waals surface area (Å²) in [6.07, 6.45) is 0.0766. The van der Waals surface area contributed by atoms with E-state index in [9.17, 15) is 18.7 Å². The Bertz CT molecular complexity index is 767. The van der Waals surface area contributed by atoms with Crippen molar-refractivity contribution in [1.82, 2.24) is 5.32 Å². The number of methoxy groups -OCH3 is 2. The van der Waals surface area contributed by atoms with E-state index in [0.29, 0.717) is 11.1 Å². The summed E-state index contributed by atoms with van der Waals surface area (Å²) < 4.78 is 39.2. The molecule has 2 aromatic carbocycles. The van der Waals surface area contributed by atoms with Gasteiger partial charge in [0.1, 0.15) is 0 Å². The van der Waals surface area contributed by atoms with Gasteiger partial charge in [-0.25, -0.2) is 0 Å². The van der Waals surface area contributed by atoms with Crippen LogP contribution >= 0.6 is 0 Å². The van der Waals surface area contributed by atoms with Crippen LogP contribution in [0.1, 0.15) is 11.1 Å². The highest BCUT2D eigenvalue weighted by molar-refractivity contribution is 5.78. The second-order valence-corrected chi connectivity index (χ2v) is 5.32. The molecule has 0 heterocycles. The number of alkyl halides is 2. The second kappa shape index (κ2) is 8.89. The van der Waals surface area contributed by atoms with Gasteiger partial charge in [0, 0.05) is 6.54 Å². The van der Waals surface area contributed by atoms with E-state index < -0.39 is 6.61 Å². The van der Waals surface area contributed by atoms with Crippen molar-refractivity contribution in [2.75, 3.05) is 14.2 Å². The molecule has 0 aromatic heterocycles. The third kappa shape index (κ3) is 5.23. The number of carbonyl (C=O) groups is 1. The van der Waals surface area contributed by atoms with Crippen LogP contribution in [0.3, 0.4) is 0 Å². The minimum atomic E-state index is -2.97. The number of phenols is 1. The summed E-state index contributed by atoms with van der Waals surface area (Å²) in [7, 11) is 2.77. The Hall–Kier alpha value is -3.03. The Kier molecular flexibility index (Phi) is 6.60. The summed E-state index contributed by atoms with van der Waals surface area (Å²) in [5.74, 6) is 0.0691.